The Morgan fingerprint density at radius 2 is 2.00 bits per heavy atom. The summed E-state index contributed by atoms with van der Waals surface area (Å²) < 4.78 is 4.73. The van der Waals surface area contributed by atoms with Crippen LogP contribution in [0.15, 0.2) is 47.8 Å². The second-order valence-corrected chi connectivity index (χ2v) is 6.38. The predicted octanol–water partition coefficient (Wildman–Crippen LogP) is 2.13. The van der Waals surface area contributed by atoms with Crippen LogP contribution in [0.25, 0.3) is 0 Å². The van der Waals surface area contributed by atoms with E-state index < -0.39 is 18.0 Å². The first-order valence-electron chi connectivity index (χ1n) is 7.47. The van der Waals surface area contributed by atoms with Crippen molar-refractivity contribution >= 4 is 29.2 Å². The average Bonchev–Trinajstić information content (AvgIpc) is 3.20. The summed E-state index contributed by atoms with van der Waals surface area (Å²) >= 11 is 1.51. The number of hydrogen-bond acceptors (Lipinski definition) is 5. The fourth-order valence-corrected chi connectivity index (χ4v) is 3.18. The van der Waals surface area contributed by atoms with Crippen LogP contribution >= 0.6 is 11.3 Å². The molecule has 1 saturated heterocycles. The van der Waals surface area contributed by atoms with Crippen LogP contribution in [0, 0.1) is 0 Å². The van der Waals surface area contributed by atoms with Crippen LogP contribution in [-0.4, -0.2) is 36.0 Å². The lowest BCUT2D eigenvalue weighted by molar-refractivity contribution is -0.127. The molecule has 0 spiro atoms. The number of cyclic esters (lactones) is 1. The smallest absolute Gasteiger partial charge is 0.417 e. The van der Waals surface area contributed by atoms with Gasteiger partial charge in [0.25, 0.3) is 5.91 Å². The zero-order valence-electron chi connectivity index (χ0n) is 12.8. The molecule has 1 aromatic carbocycles. The van der Waals surface area contributed by atoms with Gasteiger partial charge in [0.05, 0.1) is 19.0 Å². The number of rotatable bonds is 6. The van der Waals surface area contributed by atoms with Gasteiger partial charge in [-0.2, -0.15) is 0 Å². The number of nitrogens with zero attached hydrogens (tertiary/aromatic N) is 1. The SMILES string of the molecule is O=C(Cc1cccs1)N[C@@H](CN1C(=O)COC1=O)c1ccccc1. The summed E-state index contributed by atoms with van der Waals surface area (Å²) in [6.45, 7) is -0.193. The van der Waals surface area contributed by atoms with Gasteiger partial charge in [0.1, 0.15) is 0 Å². The van der Waals surface area contributed by atoms with Crippen LogP contribution in [0.1, 0.15) is 16.5 Å². The van der Waals surface area contributed by atoms with Crippen molar-refractivity contribution in [2.75, 3.05) is 13.2 Å². The molecule has 1 N–H and O–H groups in total. The lowest BCUT2D eigenvalue weighted by Crippen LogP contribution is -2.40. The van der Waals surface area contributed by atoms with E-state index in [1.165, 1.54) is 11.3 Å². The summed E-state index contributed by atoms with van der Waals surface area (Å²) in [5.74, 6) is -0.556. The largest absolute Gasteiger partial charge is 0.439 e. The molecule has 1 aliphatic rings. The van der Waals surface area contributed by atoms with Crippen molar-refractivity contribution in [1.29, 1.82) is 0 Å². The van der Waals surface area contributed by atoms with Gasteiger partial charge in [0, 0.05) is 4.88 Å². The lowest BCUT2D eigenvalue weighted by Gasteiger charge is -2.22. The first kappa shape index (κ1) is 16.2. The van der Waals surface area contributed by atoms with Crippen molar-refractivity contribution in [2.45, 2.75) is 12.5 Å². The monoisotopic (exact) mass is 344 g/mol. The van der Waals surface area contributed by atoms with Crippen LogP contribution in [0.2, 0.25) is 0 Å². The summed E-state index contributed by atoms with van der Waals surface area (Å²) in [6.07, 6.45) is -0.409. The molecule has 0 radical (unpaired) electrons. The van der Waals surface area contributed by atoms with Gasteiger partial charge in [-0.1, -0.05) is 36.4 Å². The molecular formula is C17H16N2O4S. The summed E-state index contributed by atoms with van der Waals surface area (Å²) in [7, 11) is 0. The quantitative estimate of drug-likeness (QED) is 0.871. The molecule has 3 rings (SSSR count). The van der Waals surface area contributed by atoms with E-state index in [1.54, 1.807) is 0 Å². The Bertz CT molecular complexity index is 714. The molecule has 0 aliphatic carbocycles. The van der Waals surface area contributed by atoms with Crippen molar-refractivity contribution in [3.63, 3.8) is 0 Å². The topological polar surface area (TPSA) is 75.7 Å². The third kappa shape index (κ3) is 3.80. The molecule has 1 atom stereocenters. The fourth-order valence-electron chi connectivity index (χ4n) is 2.48. The second-order valence-electron chi connectivity index (χ2n) is 5.35. The molecule has 1 aromatic heterocycles. The zero-order chi connectivity index (χ0) is 16.9. The van der Waals surface area contributed by atoms with Gasteiger partial charge in [0.2, 0.25) is 5.91 Å². The van der Waals surface area contributed by atoms with E-state index in [-0.39, 0.29) is 25.5 Å². The van der Waals surface area contributed by atoms with Gasteiger partial charge >= 0.3 is 6.09 Å². The van der Waals surface area contributed by atoms with Gasteiger partial charge in [-0.05, 0) is 17.0 Å². The number of carbonyl (C=O) groups is 3. The minimum Gasteiger partial charge on any atom is -0.439 e. The van der Waals surface area contributed by atoms with Crippen LogP contribution in [0.4, 0.5) is 4.79 Å². The summed E-state index contributed by atoms with van der Waals surface area (Å²) in [4.78, 5) is 37.7. The maximum Gasteiger partial charge on any atom is 0.417 e. The van der Waals surface area contributed by atoms with Gasteiger partial charge in [0.15, 0.2) is 6.61 Å². The molecule has 2 aromatic rings. The molecule has 24 heavy (non-hydrogen) atoms. The van der Waals surface area contributed by atoms with E-state index in [1.807, 2.05) is 47.8 Å². The minimum atomic E-state index is -0.673. The molecule has 0 bridgehead atoms. The molecule has 2 heterocycles. The Hall–Kier alpha value is -2.67. The molecule has 6 nitrogen and oxygen atoms in total. The van der Waals surface area contributed by atoms with Crippen molar-refractivity contribution in [3.8, 4) is 0 Å². The Kier molecular flexibility index (Phi) is 4.90. The maximum absolute atomic E-state index is 12.3. The molecule has 7 heteroatoms. The predicted molar refractivity (Wildman–Crippen MR) is 88.4 cm³/mol. The Balaban J connectivity index is 1.73. The van der Waals surface area contributed by atoms with E-state index in [0.717, 1.165) is 15.3 Å². The number of imide groups is 1. The van der Waals surface area contributed by atoms with Crippen LogP contribution in [-0.2, 0) is 20.7 Å². The highest BCUT2D eigenvalue weighted by Crippen LogP contribution is 2.18. The first-order valence-corrected chi connectivity index (χ1v) is 8.35. The number of ether oxygens (including phenoxy) is 1. The lowest BCUT2D eigenvalue weighted by atomic mass is 10.1. The third-order valence-electron chi connectivity index (χ3n) is 3.66. The zero-order valence-corrected chi connectivity index (χ0v) is 13.6. The highest BCUT2D eigenvalue weighted by atomic mass is 32.1. The van der Waals surface area contributed by atoms with Crippen LogP contribution in [0.5, 0.6) is 0 Å². The first-order chi connectivity index (χ1) is 11.6. The maximum atomic E-state index is 12.3. The van der Waals surface area contributed by atoms with Crippen molar-refractivity contribution in [3.05, 3.63) is 58.3 Å². The summed E-state index contributed by atoms with van der Waals surface area (Å²) in [5.41, 5.74) is 0.824. The van der Waals surface area contributed by atoms with E-state index >= 15 is 0 Å². The molecular weight excluding hydrogens is 328 g/mol. The molecule has 3 amide bonds. The number of nitrogens with one attached hydrogen (secondary N) is 1. The molecule has 0 saturated carbocycles. The number of benzene rings is 1. The number of amides is 3. The Labute approximate surface area is 143 Å². The third-order valence-corrected chi connectivity index (χ3v) is 4.53. The molecule has 0 unspecified atom stereocenters. The van der Waals surface area contributed by atoms with E-state index in [4.69, 9.17) is 4.74 Å². The van der Waals surface area contributed by atoms with E-state index in [2.05, 4.69) is 5.32 Å². The normalized spacial score (nSPS) is 15.2. The van der Waals surface area contributed by atoms with Crippen molar-refractivity contribution in [1.82, 2.24) is 10.2 Å². The van der Waals surface area contributed by atoms with E-state index in [0.29, 0.717) is 0 Å². The Morgan fingerprint density at radius 3 is 2.62 bits per heavy atom. The fraction of sp³-hybridized carbons (Fsp3) is 0.235. The number of hydrogen-bond donors (Lipinski definition) is 1. The van der Waals surface area contributed by atoms with Gasteiger partial charge < -0.3 is 10.1 Å². The van der Waals surface area contributed by atoms with Crippen molar-refractivity contribution < 1.29 is 19.1 Å². The second kappa shape index (κ2) is 7.27. The van der Waals surface area contributed by atoms with Gasteiger partial charge in [-0.25, -0.2) is 9.69 Å². The molecule has 124 valence electrons. The summed E-state index contributed by atoms with van der Waals surface area (Å²) in [6, 6.07) is 12.6. The van der Waals surface area contributed by atoms with E-state index in [9.17, 15) is 14.4 Å². The van der Waals surface area contributed by atoms with Crippen LogP contribution < -0.4 is 5.32 Å². The number of thiophene rings is 1. The molecule has 1 aliphatic heterocycles. The van der Waals surface area contributed by atoms with Crippen LogP contribution in [0.3, 0.4) is 0 Å². The number of carbonyl (C=O) groups excluding carboxylic acids is 3. The van der Waals surface area contributed by atoms with Gasteiger partial charge in [-0.3, -0.25) is 9.59 Å². The highest BCUT2D eigenvalue weighted by molar-refractivity contribution is 7.10. The minimum absolute atomic E-state index is 0.0534. The van der Waals surface area contributed by atoms with Crippen molar-refractivity contribution in [2.24, 2.45) is 0 Å². The standard InChI is InChI=1S/C17H16N2O4S/c20-15(9-13-7-4-8-24-13)18-14(12-5-2-1-3-6-12)10-19-16(21)11-23-17(19)22/h1-8,14H,9-11H2,(H,18,20)/t14-/m0/s1. The highest BCUT2D eigenvalue weighted by Gasteiger charge is 2.33. The average molecular weight is 344 g/mol. The Morgan fingerprint density at radius 1 is 1.21 bits per heavy atom. The molecule has 1 fully saturated rings. The van der Waals surface area contributed by atoms with Gasteiger partial charge in [-0.15, -0.1) is 11.3 Å². The summed E-state index contributed by atoms with van der Waals surface area (Å²) in [5, 5.41) is 4.82.